The molecule has 0 atom stereocenters. The molecule has 0 N–H and O–H groups in total. The van der Waals surface area contributed by atoms with Crippen LogP contribution in [-0.4, -0.2) is 1.43 Å². The quantitative estimate of drug-likeness (QED) is 0.209. The molecule has 92 valence electrons. The zero-order valence-electron chi connectivity index (χ0n) is 10.3. The van der Waals surface area contributed by atoms with Gasteiger partial charge in [-0.15, -0.1) is 0 Å². The van der Waals surface area contributed by atoms with E-state index in [4.69, 9.17) is 0 Å². The van der Waals surface area contributed by atoms with Crippen LogP contribution in [-0.2, 0) is 0 Å². The van der Waals surface area contributed by atoms with E-state index >= 15 is 0 Å². The Bertz CT molecular complexity index is 132. The largest absolute Gasteiger partial charge is 0.0734 e. The van der Waals surface area contributed by atoms with Gasteiger partial charge in [-0.2, -0.15) is 0 Å². The van der Waals surface area contributed by atoms with E-state index in [-0.39, 0.29) is 0 Å². The molecule has 0 amide bonds. The maximum atomic E-state index is 2.64. The molecule has 15 heavy (non-hydrogen) atoms. The second kappa shape index (κ2) is 10.6. The molecule has 0 bridgehead atoms. The van der Waals surface area contributed by atoms with E-state index < -0.39 is 0 Å². The first-order valence-corrected chi connectivity index (χ1v) is 8.66. The van der Waals surface area contributed by atoms with Crippen LogP contribution in [0, 0.1) is 0 Å². The molecule has 0 unspecified atom stereocenters. The summed E-state index contributed by atoms with van der Waals surface area (Å²) in [6, 6.07) is 0. The van der Waals surface area contributed by atoms with Crippen molar-refractivity contribution in [3.63, 3.8) is 0 Å². The van der Waals surface area contributed by atoms with Crippen molar-refractivity contribution in [1.82, 2.24) is 0 Å². The maximum absolute atomic E-state index is 2.64. The highest BCUT2D eigenvalue weighted by atomic mass is 127. The first-order chi connectivity index (χ1) is 7.12. The van der Waals surface area contributed by atoms with Crippen molar-refractivity contribution in [2.75, 3.05) is 0 Å². The lowest BCUT2D eigenvalue weighted by Crippen LogP contribution is -2.09. The number of halogens is 2. The third-order valence-electron chi connectivity index (χ3n) is 2.76. The Balaban J connectivity index is 3.22. The van der Waals surface area contributed by atoms with Gasteiger partial charge in [0.25, 0.3) is 0 Å². The van der Waals surface area contributed by atoms with Gasteiger partial charge in [0.15, 0.2) is 0 Å². The zero-order valence-corrected chi connectivity index (χ0v) is 14.6. The predicted molar refractivity (Wildman–Crippen MR) is 88.3 cm³/mol. The number of unbranched alkanes of at least 4 members (excludes halogenated alkanes) is 6. The van der Waals surface area contributed by atoms with Crippen LogP contribution in [0.5, 0.6) is 0 Å². The monoisotopic (exact) mass is 436 g/mol. The Kier molecular flexibility index (Phi) is 11.6. The molecule has 0 saturated heterocycles. The van der Waals surface area contributed by atoms with Gasteiger partial charge in [-0.3, -0.25) is 0 Å². The summed E-state index contributed by atoms with van der Waals surface area (Å²) in [4.78, 5) is 0. The lowest BCUT2D eigenvalue weighted by Gasteiger charge is -2.19. The van der Waals surface area contributed by atoms with Crippen LogP contribution in [0.1, 0.15) is 78.1 Å². The molecule has 0 aliphatic carbocycles. The first kappa shape index (κ1) is 16.5. The van der Waals surface area contributed by atoms with E-state index in [1.165, 1.54) is 64.2 Å². The molecule has 0 aliphatic rings. The molecule has 0 aromatic carbocycles. The SMILES string of the molecule is CCCCCCCCCC(I)(I)CCC. The van der Waals surface area contributed by atoms with Crippen LogP contribution in [0.3, 0.4) is 0 Å². The highest BCUT2D eigenvalue weighted by Crippen LogP contribution is 2.37. The van der Waals surface area contributed by atoms with Crippen molar-refractivity contribution in [1.29, 1.82) is 0 Å². The van der Waals surface area contributed by atoms with Crippen molar-refractivity contribution < 1.29 is 0 Å². The fourth-order valence-corrected chi connectivity index (χ4v) is 3.67. The van der Waals surface area contributed by atoms with Crippen LogP contribution in [0.25, 0.3) is 0 Å². The summed E-state index contributed by atoms with van der Waals surface area (Å²) >= 11 is 5.27. The summed E-state index contributed by atoms with van der Waals surface area (Å²) in [7, 11) is 0. The fourth-order valence-electron chi connectivity index (χ4n) is 1.83. The number of hydrogen-bond donors (Lipinski definition) is 0. The third kappa shape index (κ3) is 11.7. The summed E-state index contributed by atoms with van der Waals surface area (Å²) in [5.41, 5.74) is 0. The smallest absolute Gasteiger partial charge is 0.0672 e. The van der Waals surface area contributed by atoms with E-state index in [0.717, 1.165) is 0 Å². The van der Waals surface area contributed by atoms with E-state index in [9.17, 15) is 0 Å². The molecule has 0 aromatic rings. The van der Waals surface area contributed by atoms with E-state index in [1.807, 2.05) is 0 Å². The molecular formula is C13H26I2. The van der Waals surface area contributed by atoms with E-state index in [0.29, 0.717) is 1.43 Å². The average molecular weight is 436 g/mol. The molecule has 2 heteroatoms. The number of alkyl halides is 2. The average Bonchev–Trinajstić information content (AvgIpc) is 2.16. The van der Waals surface area contributed by atoms with Gasteiger partial charge in [0.05, 0.1) is 1.43 Å². The first-order valence-electron chi connectivity index (χ1n) is 6.50. The van der Waals surface area contributed by atoms with Gasteiger partial charge in [-0.1, -0.05) is 110 Å². The van der Waals surface area contributed by atoms with Gasteiger partial charge in [0.2, 0.25) is 0 Å². The molecule has 0 rings (SSSR count). The van der Waals surface area contributed by atoms with Gasteiger partial charge < -0.3 is 0 Å². The summed E-state index contributed by atoms with van der Waals surface area (Å²) in [5.74, 6) is 0. The van der Waals surface area contributed by atoms with Gasteiger partial charge in [0.1, 0.15) is 0 Å². The highest BCUT2D eigenvalue weighted by molar-refractivity contribution is 14.2. The maximum Gasteiger partial charge on any atom is 0.0734 e. The van der Waals surface area contributed by atoms with Crippen molar-refractivity contribution in [2.45, 2.75) is 79.5 Å². The molecular weight excluding hydrogens is 410 g/mol. The van der Waals surface area contributed by atoms with Crippen molar-refractivity contribution >= 4 is 45.2 Å². The van der Waals surface area contributed by atoms with Gasteiger partial charge >= 0.3 is 0 Å². The van der Waals surface area contributed by atoms with Crippen molar-refractivity contribution in [3.8, 4) is 0 Å². The van der Waals surface area contributed by atoms with Crippen LogP contribution < -0.4 is 0 Å². The predicted octanol–water partition coefficient (Wildman–Crippen LogP) is 6.49. The zero-order chi connectivity index (χ0) is 11.6. The normalized spacial score (nSPS) is 12.0. The molecule has 0 aromatic heterocycles. The molecule has 0 radical (unpaired) electrons. The Labute approximate surface area is 124 Å². The minimum Gasteiger partial charge on any atom is -0.0672 e. The second-order valence-corrected chi connectivity index (χ2v) is 10.7. The summed E-state index contributed by atoms with van der Waals surface area (Å²) < 4.78 is 0.535. The molecule has 0 spiro atoms. The molecule has 0 nitrogen and oxygen atoms in total. The van der Waals surface area contributed by atoms with Crippen LogP contribution in [0.2, 0.25) is 0 Å². The number of hydrogen-bond acceptors (Lipinski definition) is 0. The summed E-state index contributed by atoms with van der Waals surface area (Å²) in [6.45, 7) is 4.57. The van der Waals surface area contributed by atoms with Gasteiger partial charge in [-0.25, -0.2) is 0 Å². The van der Waals surface area contributed by atoms with E-state index in [1.54, 1.807) is 0 Å². The fraction of sp³-hybridized carbons (Fsp3) is 1.00. The topological polar surface area (TPSA) is 0 Å². The molecule has 0 fully saturated rings. The summed E-state index contributed by atoms with van der Waals surface area (Å²) in [6.07, 6.45) is 14.1. The van der Waals surface area contributed by atoms with Crippen LogP contribution in [0.4, 0.5) is 0 Å². The Morgan fingerprint density at radius 2 is 1.20 bits per heavy atom. The molecule has 0 heterocycles. The van der Waals surface area contributed by atoms with Gasteiger partial charge in [0, 0.05) is 0 Å². The van der Waals surface area contributed by atoms with Crippen molar-refractivity contribution in [3.05, 3.63) is 0 Å². The minimum atomic E-state index is 0.535. The second-order valence-electron chi connectivity index (χ2n) is 4.48. The molecule has 0 saturated carbocycles. The minimum absolute atomic E-state index is 0.535. The van der Waals surface area contributed by atoms with E-state index in [2.05, 4.69) is 59.0 Å². The highest BCUT2D eigenvalue weighted by Gasteiger charge is 2.19. The van der Waals surface area contributed by atoms with Crippen LogP contribution >= 0.6 is 45.2 Å². The standard InChI is InChI=1S/C13H26I2/c1-3-5-6-7-8-9-10-12-13(14,15)11-4-2/h3-12H2,1-2H3. The van der Waals surface area contributed by atoms with Crippen LogP contribution in [0.15, 0.2) is 0 Å². The Hall–Kier alpha value is 1.46. The lowest BCUT2D eigenvalue weighted by molar-refractivity contribution is 0.560. The van der Waals surface area contributed by atoms with Crippen molar-refractivity contribution in [2.24, 2.45) is 0 Å². The molecule has 0 aliphatic heterocycles. The third-order valence-corrected chi connectivity index (χ3v) is 4.92. The Morgan fingerprint density at radius 3 is 1.73 bits per heavy atom. The Morgan fingerprint density at radius 1 is 0.667 bits per heavy atom. The summed E-state index contributed by atoms with van der Waals surface area (Å²) in [5, 5.41) is 0. The van der Waals surface area contributed by atoms with Gasteiger partial charge in [-0.05, 0) is 12.8 Å². The lowest BCUT2D eigenvalue weighted by atomic mass is 10.1. The number of rotatable bonds is 10.